The van der Waals surface area contributed by atoms with Crippen molar-refractivity contribution in [3.05, 3.63) is 36.3 Å². The number of hydrogen-bond acceptors (Lipinski definition) is 5. The molecule has 166 valence electrons. The molecule has 0 radical (unpaired) electrons. The first-order valence-electron chi connectivity index (χ1n) is 10.5. The number of nitrogens with zero attached hydrogens (tertiary/aromatic N) is 3. The van der Waals surface area contributed by atoms with E-state index in [0.717, 1.165) is 12.8 Å². The van der Waals surface area contributed by atoms with E-state index in [-0.39, 0.29) is 41.8 Å². The Kier molecular flexibility index (Phi) is 5.85. The molecule has 1 aromatic carbocycles. The molecule has 1 saturated heterocycles. The van der Waals surface area contributed by atoms with Crippen LogP contribution in [0.3, 0.4) is 0 Å². The van der Waals surface area contributed by atoms with Crippen molar-refractivity contribution in [1.29, 1.82) is 0 Å². The summed E-state index contributed by atoms with van der Waals surface area (Å²) >= 11 is 0. The molecule has 9 nitrogen and oxygen atoms in total. The van der Waals surface area contributed by atoms with E-state index < -0.39 is 10.0 Å². The molecule has 1 saturated carbocycles. The summed E-state index contributed by atoms with van der Waals surface area (Å²) in [6.07, 6.45) is 4.31. The van der Waals surface area contributed by atoms with Gasteiger partial charge in [0.1, 0.15) is 5.82 Å². The Hall–Kier alpha value is -2.72. The lowest BCUT2D eigenvalue weighted by molar-refractivity contribution is -0.121. The van der Waals surface area contributed by atoms with Crippen molar-refractivity contribution in [3.63, 3.8) is 0 Å². The molecule has 1 aliphatic heterocycles. The molecule has 1 aliphatic carbocycles. The first kappa shape index (κ1) is 21.5. The molecule has 0 bridgehead atoms. The van der Waals surface area contributed by atoms with Crippen molar-refractivity contribution in [2.45, 2.75) is 37.6 Å². The van der Waals surface area contributed by atoms with Gasteiger partial charge in [-0.25, -0.2) is 13.4 Å². The van der Waals surface area contributed by atoms with Gasteiger partial charge < -0.3 is 15.2 Å². The van der Waals surface area contributed by atoms with Gasteiger partial charge in [0.2, 0.25) is 11.8 Å². The summed E-state index contributed by atoms with van der Waals surface area (Å²) < 4.78 is 28.7. The number of hydrogen-bond donors (Lipinski definition) is 2. The summed E-state index contributed by atoms with van der Waals surface area (Å²) in [5.74, 6) is 0.424. The number of imidazole rings is 1. The van der Waals surface area contributed by atoms with Gasteiger partial charge in [0.05, 0.1) is 0 Å². The zero-order valence-electron chi connectivity index (χ0n) is 17.7. The van der Waals surface area contributed by atoms with E-state index in [4.69, 9.17) is 0 Å². The Labute approximate surface area is 181 Å². The largest absolute Gasteiger partial charge is 0.337 e. The van der Waals surface area contributed by atoms with Crippen molar-refractivity contribution >= 4 is 33.2 Å². The van der Waals surface area contributed by atoms with E-state index in [1.165, 1.54) is 10.5 Å². The Bertz CT molecular complexity index is 1060. The number of rotatable bonds is 6. The highest BCUT2D eigenvalue weighted by molar-refractivity contribution is 7.89. The average molecular weight is 446 g/mol. The van der Waals surface area contributed by atoms with Crippen LogP contribution in [0.2, 0.25) is 0 Å². The van der Waals surface area contributed by atoms with Crippen LogP contribution < -0.4 is 10.6 Å². The first-order chi connectivity index (χ1) is 14.7. The van der Waals surface area contributed by atoms with Gasteiger partial charge in [-0.3, -0.25) is 9.59 Å². The van der Waals surface area contributed by atoms with Gasteiger partial charge >= 0.3 is 0 Å². The van der Waals surface area contributed by atoms with Crippen molar-refractivity contribution in [2.24, 2.45) is 18.9 Å². The summed E-state index contributed by atoms with van der Waals surface area (Å²) in [6.45, 7) is 2.31. The van der Waals surface area contributed by atoms with Gasteiger partial charge in [-0.15, -0.1) is 0 Å². The third kappa shape index (κ3) is 4.80. The summed E-state index contributed by atoms with van der Waals surface area (Å²) in [7, 11) is -1.90. The molecule has 4 rings (SSSR count). The molecule has 2 N–H and O–H groups in total. The van der Waals surface area contributed by atoms with E-state index in [1.54, 1.807) is 42.8 Å². The average Bonchev–Trinajstić information content (AvgIpc) is 3.55. The van der Waals surface area contributed by atoms with Gasteiger partial charge in [-0.2, -0.15) is 4.31 Å². The smallest absolute Gasteiger partial charge is 0.262 e. The van der Waals surface area contributed by atoms with Crippen molar-refractivity contribution in [1.82, 2.24) is 13.9 Å². The van der Waals surface area contributed by atoms with E-state index >= 15 is 0 Å². The maximum atomic E-state index is 12.8. The predicted octanol–water partition coefficient (Wildman–Crippen LogP) is 2.12. The SMILES string of the molecule is Cc1nc(S(=O)(=O)N2CCC(C(=O)Nc3ccc(NC(=O)C4CC4)cc3)CC2)cn1C. The van der Waals surface area contributed by atoms with Crippen LogP contribution in [0.5, 0.6) is 0 Å². The second-order valence-electron chi connectivity index (χ2n) is 8.25. The zero-order chi connectivity index (χ0) is 22.2. The highest BCUT2D eigenvalue weighted by Gasteiger charge is 2.33. The van der Waals surface area contributed by atoms with E-state index in [0.29, 0.717) is 30.0 Å². The van der Waals surface area contributed by atoms with Crippen LogP contribution in [0.15, 0.2) is 35.5 Å². The number of carbonyl (C=O) groups excluding carboxylic acids is 2. The van der Waals surface area contributed by atoms with Crippen LogP contribution in [0.1, 0.15) is 31.5 Å². The molecule has 1 aromatic heterocycles. The molecule has 2 heterocycles. The number of aryl methyl sites for hydroxylation is 2. The minimum Gasteiger partial charge on any atom is -0.337 e. The zero-order valence-corrected chi connectivity index (χ0v) is 18.5. The standard InChI is InChI=1S/C21H27N5O4S/c1-14-22-19(13-25(14)2)31(29,30)26-11-9-16(10-12-26)21(28)24-18-7-5-17(6-8-18)23-20(27)15-3-4-15/h5-8,13,15-16H,3-4,9-12H2,1-2H3,(H,23,27)(H,24,28). The summed E-state index contributed by atoms with van der Waals surface area (Å²) in [5.41, 5.74) is 1.35. The highest BCUT2D eigenvalue weighted by atomic mass is 32.2. The summed E-state index contributed by atoms with van der Waals surface area (Å²) in [5, 5.41) is 5.80. The molecular weight excluding hydrogens is 418 g/mol. The maximum Gasteiger partial charge on any atom is 0.262 e. The van der Waals surface area contributed by atoms with Crippen molar-refractivity contribution < 1.29 is 18.0 Å². The van der Waals surface area contributed by atoms with E-state index in [1.807, 2.05) is 0 Å². The Morgan fingerprint density at radius 1 is 0.935 bits per heavy atom. The number of anilines is 2. The molecular formula is C21H27N5O4S. The second kappa shape index (κ2) is 8.43. The minimum atomic E-state index is -3.65. The maximum absolute atomic E-state index is 12.8. The molecule has 2 aliphatic rings. The fourth-order valence-electron chi connectivity index (χ4n) is 3.61. The highest BCUT2D eigenvalue weighted by Crippen LogP contribution is 2.30. The van der Waals surface area contributed by atoms with Gasteiger partial charge in [0.25, 0.3) is 10.0 Å². The molecule has 2 aromatic rings. The Morgan fingerprint density at radius 2 is 1.42 bits per heavy atom. The first-order valence-corrected chi connectivity index (χ1v) is 11.9. The normalized spacial score (nSPS) is 18.0. The lowest BCUT2D eigenvalue weighted by Crippen LogP contribution is -2.41. The minimum absolute atomic E-state index is 0.0411. The van der Waals surface area contributed by atoms with E-state index in [2.05, 4.69) is 15.6 Å². The fourth-order valence-corrected chi connectivity index (χ4v) is 5.11. The number of piperidine rings is 1. The Balaban J connectivity index is 1.30. The number of amides is 2. The Morgan fingerprint density at radius 3 is 1.84 bits per heavy atom. The molecule has 10 heteroatoms. The van der Waals surface area contributed by atoms with Crippen LogP contribution in [-0.2, 0) is 26.7 Å². The quantitative estimate of drug-likeness (QED) is 0.707. The third-order valence-electron chi connectivity index (χ3n) is 5.88. The number of sulfonamides is 1. The number of benzene rings is 1. The fraction of sp³-hybridized carbons (Fsp3) is 0.476. The van der Waals surface area contributed by atoms with Gasteiger partial charge in [-0.05, 0) is 56.9 Å². The van der Waals surface area contributed by atoms with Crippen LogP contribution in [-0.4, -0.2) is 47.2 Å². The van der Waals surface area contributed by atoms with Gasteiger partial charge in [-0.1, -0.05) is 0 Å². The van der Waals surface area contributed by atoms with Crippen molar-refractivity contribution in [2.75, 3.05) is 23.7 Å². The summed E-state index contributed by atoms with van der Waals surface area (Å²) in [4.78, 5) is 28.6. The third-order valence-corrected chi connectivity index (χ3v) is 7.65. The number of nitrogens with one attached hydrogen (secondary N) is 2. The van der Waals surface area contributed by atoms with Gasteiger partial charge in [0.15, 0.2) is 5.03 Å². The summed E-state index contributed by atoms with van der Waals surface area (Å²) in [6, 6.07) is 7.03. The second-order valence-corrected chi connectivity index (χ2v) is 10.1. The lowest BCUT2D eigenvalue weighted by Gasteiger charge is -2.29. The molecule has 2 fully saturated rings. The number of carbonyl (C=O) groups is 2. The molecule has 0 unspecified atom stereocenters. The topological polar surface area (TPSA) is 113 Å². The molecule has 0 atom stereocenters. The van der Waals surface area contributed by atoms with Crippen LogP contribution in [0.25, 0.3) is 0 Å². The molecule has 0 spiro atoms. The van der Waals surface area contributed by atoms with Crippen LogP contribution >= 0.6 is 0 Å². The number of aromatic nitrogens is 2. The van der Waals surface area contributed by atoms with Crippen LogP contribution in [0.4, 0.5) is 11.4 Å². The van der Waals surface area contributed by atoms with Crippen molar-refractivity contribution in [3.8, 4) is 0 Å². The monoisotopic (exact) mass is 445 g/mol. The van der Waals surface area contributed by atoms with Crippen LogP contribution in [0, 0.1) is 18.8 Å². The van der Waals surface area contributed by atoms with E-state index in [9.17, 15) is 18.0 Å². The van der Waals surface area contributed by atoms with Gasteiger partial charge in [0, 0.05) is 49.5 Å². The lowest BCUT2D eigenvalue weighted by atomic mass is 9.97. The molecule has 2 amide bonds. The molecule has 31 heavy (non-hydrogen) atoms. The predicted molar refractivity (Wildman–Crippen MR) is 116 cm³/mol.